The highest BCUT2D eigenvalue weighted by Crippen LogP contribution is 2.23. The van der Waals surface area contributed by atoms with Crippen molar-refractivity contribution in [2.45, 2.75) is 45.8 Å². The van der Waals surface area contributed by atoms with Crippen LogP contribution in [0.25, 0.3) is 0 Å². The lowest BCUT2D eigenvalue weighted by Crippen LogP contribution is -2.43. The predicted octanol–water partition coefficient (Wildman–Crippen LogP) is 3.11. The van der Waals surface area contributed by atoms with Gasteiger partial charge in [0.15, 0.2) is 0 Å². The molecule has 168 valence electrons. The number of sulfonamides is 1. The number of benzene rings is 1. The van der Waals surface area contributed by atoms with Crippen LogP contribution in [0, 0.1) is 11.8 Å². The van der Waals surface area contributed by atoms with E-state index in [-0.39, 0.29) is 30.5 Å². The van der Waals surface area contributed by atoms with Gasteiger partial charge in [0.25, 0.3) is 0 Å². The minimum Gasteiger partial charge on any atom is -0.445 e. The summed E-state index contributed by atoms with van der Waals surface area (Å²) in [4.78, 5) is 13.9. The van der Waals surface area contributed by atoms with Gasteiger partial charge in [-0.25, -0.2) is 17.5 Å². The Kier molecular flexibility index (Phi) is 8.13. The Balaban J connectivity index is 1.41. The summed E-state index contributed by atoms with van der Waals surface area (Å²) >= 11 is 0. The van der Waals surface area contributed by atoms with E-state index in [0.717, 1.165) is 25.0 Å². The van der Waals surface area contributed by atoms with Gasteiger partial charge >= 0.3 is 6.09 Å². The molecule has 0 unspecified atom stereocenters. The number of ether oxygens (including phenoxy) is 2. The Bertz CT molecular complexity index is 776. The van der Waals surface area contributed by atoms with Crippen molar-refractivity contribution < 1.29 is 22.7 Å². The zero-order valence-corrected chi connectivity index (χ0v) is 18.9. The van der Waals surface area contributed by atoms with Gasteiger partial charge in [0.1, 0.15) is 6.61 Å². The van der Waals surface area contributed by atoms with E-state index < -0.39 is 10.0 Å². The smallest absolute Gasteiger partial charge is 0.410 e. The molecule has 0 aliphatic carbocycles. The maximum atomic E-state index is 12.9. The van der Waals surface area contributed by atoms with Crippen LogP contribution in [0.15, 0.2) is 30.3 Å². The summed E-state index contributed by atoms with van der Waals surface area (Å²) in [5, 5.41) is 0. The van der Waals surface area contributed by atoms with Gasteiger partial charge in [-0.15, -0.1) is 0 Å². The predicted molar refractivity (Wildman–Crippen MR) is 115 cm³/mol. The number of piperidine rings is 1. The SMILES string of the molecule is CC(C)COC1CCN(S(=O)(=O)C[C@H]2CCN(C(=O)OCc3ccccc3)C2)CC1. The van der Waals surface area contributed by atoms with E-state index in [2.05, 4.69) is 13.8 Å². The minimum atomic E-state index is -3.33. The number of carbonyl (C=O) groups is 1. The maximum absolute atomic E-state index is 12.9. The summed E-state index contributed by atoms with van der Waals surface area (Å²) < 4.78 is 38.5. The first-order chi connectivity index (χ1) is 14.3. The monoisotopic (exact) mass is 438 g/mol. The molecule has 7 nitrogen and oxygen atoms in total. The zero-order chi connectivity index (χ0) is 21.6. The fourth-order valence-electron chi connectivity index (χ4n) is 3.95. The lowest BCUT2D eigenvalue weighted by molar-refractivity contribution is 0.00745. The molecule has 2 aliphatic heterocycles. The van der Waals surface area contributed by atoms with E-state index >= 15 is 0 Å². The number of carbonyl (C=O) groups excluding carboxylic acids is 1. The zero-order valence-electron chi connectivity index (χ0n) is 18.0. The molecule has 1 atom stereocenters. The molecule has 0 saturated carbocycles. The number of likely N-dealkylation sites (tertiary alicyclic amines) is 1. The van der Waals surface area contributed by atoms with Gasteiger partial charge in [0.2, 0.25) is 10.0 Å². The minimum absolute atomic E-state index is 0.0470. The van der Waals surface area contributed by atoms with E-state index in [0.29, 0.717) is 38.5 Å². The molecule has 0 aromatic heterocycles. The lowest BCUT2D eigenvalue weighted by Gasteiger charge is -2.32. The Labute approximate surface area is 180 Å². The van der Waals surface area contributed by atoms with Crippen LogP contribution in [0.5, 0.6) is 0 Å². The van der Waals surface area contributed by atoms with E-state index in [1.54, 1.807) is 9.21 Å². The van der Waals surface area contributed by atoms with Gasteiger partial charge in [-0.3, -0.25) is 0 Å². The molecule has 2 fully saturated rings. The molecular weight excluding hydrogens is 404 g/mol. The number of rotatable bonds is 8. The Hall–Kier alpha value is -1.64. The summed E-state index contributed by atoms with van der Waals surface area (Å²) in [5.74, 6) is 0.526. The molecule has 3 rings (SSSR count). The van der Waals surface area contributed by atoms with E-state index in [9.17, 15) is 13.2 Å². The van der Waals surface area contributed by atoms with E-state index in [4.69, 9.17) is 9.47 Å². The summed E-state index contributed by atoms with van der Waals surface area (Å²) in [7, 11) is -3.33. The first kappa shape index (κ1) is 23.0. The molecule has 1 amide bonds. The van der Waals surface area contributed by atoms with Gasteiger partial charge in [0, 0.05) is 32.8 Å². The van der Waals surface area contributed by atoms with Crippen molar-refractivity contribution in [3.8, 4) is 0 Å². The number of hydrogen-bond acceptors (Lipinski definition) is 5. The maximum Gasteiger partial charge on any atom is 0.410 e. The topological polar surface area (TPSA) is 76.2 Å². The molecule has 0 bridgehead atoms. The summed E-state index contributed by atoms with van der Waals surface area (Å²) in [6.07, 6.45) is 1.96. The van der Waals surface area contributed by atoms with Crippen molar-refractivity contribution in [1.29, 1.82) is 0 Å². The summed E-state index contributed by atoms with van der Waals surface area (Å²) in [6, 6.07) is 9.53. The van der Waals surface area contributed by atoms with Crippen LogP contribution in [-0.2, 0) is 26.1 Å². The third kappa shape index (κ3) is 6.68. The molecule has 2 heterocycles. The van der Waals surface area contributed by atoms with Crippen molar-refractivity contribution >= 4 is 16.1 Å². The largest absolute Gasteiger partial charge is 0.445 e. The first-order valence-corrected chi connectivity index (χ1v) is 12.5. The lowest BCUT2D eigenvalue weighted by atomic mass is 10.1. The summed E-state index contributed by atoms with van der Waals surface area (Å²) in [6.45, 7) is 7.17. The van der Waals surface area contributed by atoms with Crippen molar-refractivity contribution in [3.05, 3.63) is 35.9 Å². The number of nitrogens with zero attached hydrogens (tertiary/aromatic N) is 2. The fraction of sp³-hybridized carbons (Fsp3) is 0.682. The van der Waals surface area contributed by atoms with Crippen molar-refractivity contribution in [1.82, 2.24) is 9.21 Å². The number of hydrogen-bond donors (Lipinski definition) is 0. The van der Waals surface area contributed by atoms with Gasteiger partial charge in [-0.1, -0.05) is 44.2 Å². The Morgan fingerprint density at radius 2 is 1.80 bits per heavy atom. The molecule has 2 aliphatic rings. The second-order valence-corrected chi connectivity index (χ2v) is 10.8. The van der Waals surface area contributed by atoms with Crippen LogP contribution >= 0.6 is 0 Å². The average molecular weight is 439 g/mol. The highest BCUT2D eigenvalue weighted by molar-refractivity contribution is 7.89. The van der Waals surface area contributed by atoms with Crippen LogP contribution in [0.3, 0.4) is 0 Å². The van der Waals surface area contributed by atoms with Crippen LogP contribution in [-0.4, -0.2) is 68.4 Å². The molecule has 0 spiro atoms. The fourth-order valence-corrected chi connectivity index (χ4v) is 5.80. The van der Waals surface area contributed by atoms with Crippen molar-refractivity contribution in [2.24, 2.45) is 11.8 Å². The van der Waals surface area contributed by atoms with Crippen LogP contribution < -0.4 is 0 Å². The van der Waals surface area contributed by atoms with Gasteiger partial charge in [-0.05, 0) is 36.7 Å². The van der Waals surface area contributed by atoms with Gasteiger partial charge < -0.3 is 14.4 Å². The molecule has 0 N–H and O–H groups in total. The second kappa shape index (κ2) is 10.6. The number of amides is 1. The molecule has 2 saturated heterocycles. The highest BCUT2D eigenvalue weighted by Gasteiger charge is 2.34. The van der Waals surface area contributed by atoms with E-state index in [1.807, 2.05) is 30.3 Å². The molecular formula is C22H34N2O5S. The highest BCUT2D eigenvalue weighted by atomic mass is 32.2. The quantitative estimate of drug-likeness (QED) is 0.623. The second-order valence-electron chi connectivity index (χ2n) is 8.75. The third-order valence-corrected chi connectivity index (χ3v) is 7.70. The average Bonchev–Trinajstić information content (AvgIpc) is 3.19. The van der Waals surface area contributed by atoms with Crippen molar-refractivity contribution in [3.63, 3.8) is 0 Å². The molecule has 1 aromatic carbocycles. The Morgan fingerprint density at radius 1 is 1.10 bits per heavy atom. The van der Waals surface area contributed by atoms with Crippen LogP contribution in [0.1, 0.15) is 38.7 Å². The third-order valence-electron chi connectivity index (χ3n) is 5.66. The molecule has 8 heteroatoms. The summed E-state index contributed by atoms with van der Waals surface area (Å²) in [5.41, 5.74) is 0.935. The van der Waals surface area contributed by atoms with Crippen molar-refractivity contribution in [2.75, 3.05) is 38.5 Å². The van der Waals surface area contributed by atoms with Gasteiger partial charge in [-0.2, -0.15) is 0 Å². The molecule has 0 radical (unpaired) electrons. The standard InChI is InChI=1S/C22H34N2O5S/c1-18(2)15-28-21-9-12-24(13-10-21)30(26,27)17-20-8-11-23(14-20)22(25)29-16-19-6-4-3-5-7-19/h3-7,18,20-21H,8-17H2,1-2H3/t20-/m0/s1. The van der Waals surface area contributed by atoms with Crippen LogP contribution in [0.2, 0.25) is 0 Å². The normalized spacial score (nSPS) is 21.3. The molecule has 30 heavy (non-hydrogen) atoms. The van der Waals surface area contributed by atoms with Gasteiger partial charge in [0.05, 0.1) is 11.9 Å². The molecule has 1 aromatic rings. The first-order valence-electron chi connectivity index (χ1n) is 10.9. The van der Waals surface area contributed by atoms with E-state index in [1.165, 1.54) is 0 Å². The Morgan fingerprint density at radius 3 is 2.47 bits per heavy atom. The van der Waals surface area contributed by atoms with Crippen LogP contribution in [0.4, 0.5) is 4.79 Å².